The minimum atomic E-state index is -1.72. The zero-order valence-corrected chi connectivity index (χ0v) is 14.0. The number of fused-ring (bicyclic) bond motifs is 1. The van der Waals surface area contributed by atoms with E-state index in [9.17, 15) is 22.8 Å². The molecule has 6 nitrogen and oxygen atoms in total. The van der Waals surface area contributed by atoms with Crippen LogP contribution in [0.1, 0.15) is 6.92 Å². The van der Waals surface area contributed by atoms with E-state index in [1.165, 1.54) is 6.92 Å². The highest BCUT2D eigenvalue weighted by molar-refractivity contribution is 5.95. The zero-order valence-electron chi connectivity index (χ0n) is 14.0. The minimum Gasteiger partial charge on any atom is -0.485 e. The Kier molecular flexibility index (Phi) is 5.20. The van der Waals surface area contributed by atoms with Crippen molar-refractivity contribution in [3.05, 3.63) is 53.8 Å². The first-order valence-electron chi connectivity index (χ1n) is 7.90. The summed E-state index contributed by atoms with van der Waals surface area (Å²) >= 11 is 0. The lowest BCUT2D eigenvalue weighted by atomic mass is 10.2. The van der Waals surface area contributed by atoms with Gasteiger partial charge >= 0.3 is 5.97 Å². The van der Waals surface area contributed by atoms with Crippen LogP contribution in [0.25, 0.3) is 0 Å². The first-order valence-corrected chi connectivity index (χ1v) is 7.90. The number of halogens is 3. The second kappa shape index (κ2) is 7.56. The van der Waals surface area contributed by atoms with E-state index in [4.69, 9.17) is 14.2 Å². The van der Waals surface area contributed by atoms with Crippen molar-refractivity contribution in [2.45, 2.75) is 19.1 Å². The fourth-order valence-electron chi connectivity index (χ4n) is 2.30. The van der Waals surface area contributed by atoms with Gasteiger partial charge in [-0.15, -0.1) is 0 Å². The summed E-state index contributed by atoms with van der Waals surface area (Å²) in [6.07, 6.45) is -2.43. The largest absolute Gasteiger partial charge is 0.485 e. The van der Waals surface area contributed by atoms with E-state index in [1.54, 1.807) is 24.3 Å². The van der Waals surface area contributed by atoms with Gasteiger partial charge in [0, 0.05) is 0 Å². The maximum absolute atomic E-state index is 13.6. The molecular weight excluding hydrogens is 367 g/mol. The van der Waals surface area contributed by atoms with Gasteiger partial charge in [0.25, 0.3) is 5.91 Å². The third kappa shape index (κ3) is 3.97. The summed E-state index contributed by atoms with van der Waals surface area (Å²) in [5.74, 6) is -5.62. The number of carbonyl (C=O) groups excluding carboxylic acids is 2. The summed E-state index contributed by atoms with van der Waals surface area (Å²) in [6, 6.07) is 8.23. The molecule has 0 fully saturated rings. The number of benzene rings is 2. The highest BCUT2D eigenvalue weighted by atomic mass is 19.2. The molecule has 142 valence electrons. The second-order valence-corrected chi connectivity index (χ2v) is 5.66. The number of hydrogen-bond donors (Lipinski definition) is 1. The molecular formula is C18H14F3NO5. The van der Waals surface area contributed by atoms with Crippen molar-refractivity contribution in [2.75, 3.05) is 11.9 Å². The zero-order chi connectivity index (χ0) is 19.6. The molecule has 0 saturated carbocycles. The maximum Gasteiger partial charge on any atom is 0.351 e. The Morgan fingerprint density at radius 2 is 1.81 bits per heavy atom. The van der Waals surface area contributed by atoms with E-state index in [2.05, 4.69) is 0 Å². The Labute approximate surface area is 151 Å². The van der Waals surface area contributed by atoms with Gasteiger partial charge in [-0.25, -0.2) is 18.0 Å². The summed E-state index contributed by atoms with van der Waals surface area (Å²) in [5, 5.41) is 2.03. The van der Waals surface area contributed by atoms with E-state index < -0.39 is 47.2 Å². The lowest BCUT2D eigenvalue weighted by Gasteiger charge is -2.25. The highest BCUT2D eigenvalue weighted by Gasteiger charge is 2.31. The van der Waals surface area contributed by atoms with Crippen LogP contribution in [-0.4, -0.2) is 30.7 Å². The van der Waals surface area contributed by atoms with Gasteiger partial charge in [-0.05, 0) is 31.2 Å². The van der Waals surface area contributed by atoms with Crippen LogP contribution < -0.4 is 14.8 Å². The normalized spacial score (nSPS) is 16.4. The summed E-state index contributed by atoms with van der Waals surface area (Å²) in [5.41, 5.74) is -0.576. The second-order valence-electron chi connectivity index (χ2n) is 5.66. The summed E-state index contributed by atoms with van der Waals surface area (Å²) in [7, 11) is 0. The Morgan fingerprint density at radius 3 is 2.56 bits per heavy atom. The monoisotopic (exact) mass is 381 g/mol. The summed E-state index contributed by atoms with van der Waals surface area (Å²) < 4.78 is 55.5. The Morgan fingerprint density at radius 1 is 1.11 bits per heavy atom. The van der Waals surface area contributed by atoms with Crippen LogP contribution >= 0.6 is 0 Å². The maximum atomic E-state index is 13.6. The molecule has 27 heavy (non-hydrogen) atoms. The van der Waals surface area contributed by atoms with Gasteiger partial charge in [0.05, 0.1) is 5.69 Å². The molecule has 1 aliphatic heterocycles. The van der Waals surface area contributed by atoms with Gasteiger partial charge in [0.1, 0.15) is 6.61 Å². The van der Waals surface area contributed by atoms with E-state index in [1.807, 2.05) is 5.32 Å². The molecule has 0 aliphatic carbocycles. The number of anilines is 1. The van der Waals surface area contributed by atoms with Gasteiger partial charge in [-0.2, -0.15) is 0 Å². The molecule has 1 amide bonds. The van der Waals surface area contributed by atoms with Crippen molar-refractivity contribution in [3.63, 3.8) is 0 Å². The number of nitrogens with one attached hydrogen (secondary N) is 1. The molecule has 1 N–H and O–H groups in total. The van der Waals surface area contributed by atoms with Gasteiger partial charge in [-0.1, -0.05) is 12.1 Å². The number of rotatable bonds is 4. The average molecular weight is 381 g/mol. The predicted octanol–water partition coefficient (Wildman–Crippen LogP) is 2.81. The first-order chi connectivity index (χ1) is 12.9. The molecule has 3 rings (SSSR count). The Balaban J connectivity index is 1.60. The van der Waals surface area contributed by atoms with Crippen LogP contribution in [0.15, 0.2) is 36.4 Å². The van der Waals surface area contributed by atoms with E-state index in [-0.39, 0.29) is 6.61 Å². The Bertz CT molecular complexity index is 889. The van der Waals surface area contributed by atoms with Crippen molar-refractivity contribution in [1.29, 1.82) is 0 Å². The molecule has 2 aromatic carbocycles. The summed E-state index contributed by atoms with van der Waals surface area (Å²) in [4.78, 5) is 24.2. The smallest absolute Gasteiger partial charge is 0.351 e. The van der Waals surface area contributed by atoms with E-state index in [0.717, 1.165) is 6.07 Å². The topological polar surface area (TPSA) is 73.9 Å². The Hall–Kier alpha value is -3.23. The molecule has 0 aromatic heterocycles. The number of amides is 1. The SMILES string of the molecule is C[C@H](OC(=O)[C@@H]1COc2ccccc2O1)C(=O)Nc1ccc(F)c(F)c1F. The van der Waals surface area contributed by atoms with Gasteiger partial charge in [0.2, 0.25) is 6.10 Å². The molecule has 2 atom stereocenters. The van der Waals surface area contributed by atoms with Crippen molar-refractivity contribution in [1.82, 2.24) is 0 Å². The first kappa shape index (κ1) is 18.6. The number of esters is 1. The average Bonchev–Trinajstić information content (AvgIpc) is 2.67. The molecule has 1 heterocycles. The van der Waals surface area contributed by atoms with Crippen LogP contribution in [0, 0.1) is 17.5 Å². The summed E-state index contributed by atoms with van der Waals surface area (Å²) in [6.45, 7) is 1.13. The quantitative estimate of drug-likeness (QED) is 0.651. The van der Waals surface area contributed by atoms with Crippen molar-refractivity contribution in [3.8, 4) is 11.5 Å². The standard InChI is InChI=1S/C18H14F3NO5/c1-9(17(23)22-11-7-6-10(19)15(20)16(11)21)26-18(24)14-8-25-12-4-2-3-5-13(12)27-14/h2-7,9,14H,8H2,1H3,(H,22,23)/t9-,14-/m0/s1. The number of para-hydroxylation sites is 2. The van der Waals surface area contributed by atoms with Crippen LogP contribution in [0.5, 0.6) is 11.5 Å². The lowest BCUT2D eigenvalue weighted by molar-refractivity contribution is -0.162. The minimum absolute atomic E-state index is 0.109. The predicted molar refractivity (Wildman–Crippen MR) is 86.9 cm³/mol. The number of ether oxygens (including phenoxy) is 3. The van der Waals surface area contributed by atoms with Crippen LogP contribution in [-0.2, 0) is 14.3 Å². The third-order valence-corrected chi connectivity index (χ3v) is 3.73. The van der Waals surface area contributed by atoms with E-state index in [0.29, 0.717) is 17.6 Å². The molecule has 0 radical (unpaired) electrons. The third-order valence-electron chi connectivity index (χ3n) is 3.73. The molecule has 0 bridgehead atoms. The fourth-order valence-corrected chi connectivity index (χ4v) is 2.30. The van der Waals surface area contributed by atoms with Crippen molar-refractivity contribution >= 4 is 17.6 Å². The van der Waals surface area contributed by atoms with E-state index >= 15 is 0 Å². The highest BCUT2D eigenvalue weighted by Crippen LogP contribution is 2.31. The number of hydrogen-bond acceptors (Lipinski definition) is 5. The van der Waals surface area contributed by atoms with Crippen LogP contribution in [0.4, 0.5) is 18.9 Å². The molecule has 0 spiro atoms. The van der Waals surface area contributed by atoms with Crippen molar-refractivity contribution < 1.29 is 37.0 Å². The number of carbonyl (C=O) groups is 2. The van der Waals surface area contributed by atoms with Gasteiger partial charge in [-0.3, -0.25) is 4.79 Å². The van der Waals surface area contributed by atoms with Crippen molar-refractivity contribution in [2.24, 2.45) is 0 Å². The molecule has 0 saturated heterocycles. The van der Waals surface area contributed by atoms with Crippen LogP contribution in [0.3, 0.4) is 0 Å². The fraction of sp³-hybridized carbons (Fsp3) is 0.222. The van der Waals surface area contributed by atoms with Crippen LogP contribution in [0.2, 0.25) is 0 Å². The molecule has 2 aromatic rings. The molecule has 1 aliphatic rings. The molecule has 0 unspecified atom stereocenters. The van der Waals surface area contributed by atoms with Gasteiger partial charge in [0.15, 0.2) is 35.1 Å². The molecule has 9 heteroatoms. The lowest BCUT2D eigenvalue weighted by Crippen LogP contribution is -2.41. The van der Waals surface area contributed by atoms with Gasteiger partial charge < -0.3 is 19.5 Å².